The summed E-state index contributed by atoms with van der Waals surface area (Å²) in [5.74, 6) is 0. The van der Waals surface area contributed by atoms with Gasteiger partial charge in [0, 0.05) is 26.9 Å². The van der Waals surface area contributed by atoms with Gasteiger partial charge in [-0.15, -0.1) is 0 Å². The monoisotopic (exact) mass is 590 g/mol. The van der Waals surface area contributed by atoms with Gasteiger partial charge in [-0.05, 0) is 57.8 Å². The van der Waals surface area contributed by atoms with Crippen LogP contribution in [-0.4, -0.2) is 27.1 Å². The molecule has 0 radical (unpaired) electrons. The number of benzene rings is 2. The summed E-state index contributed by atoms with van der Waals surface area (Å²) in [7, 11) is -1.39. The molecular formula is C22H18BBr3N2O2. The van der Waals surface area contributed by atoms with E-state index in [1.54, 1.807) is 30.6 Å². The van der Waals surface area contributed by atoms with Crippen molar-refractivity contribution in [3.05, 3.63) is 111 Å². The van der Waals surface area contributed by atoms with Crippen LogP contribution in [0.15, 0.2) is 111 Å². The van der Waals surface area contributed by atoms with E-state index in [4.69, 9.17) is 10.0 Å². The first-order valence-electron chi connectivity index (χ1n) is 8.82. The highest BCUT2D eigenvalue weighted by Crippen LogP contribution is 2.25. The zero-order valence-electron chi connectivity index (χ0n) is 15.7. The standard InChI is InChI=1S/C11H8BrN.C6H6BBrO2.C5H4BrN/c12-10-6-2-1-5-9(10)11-7-3-4-8-13-11;8-6-4-2-1-3-5(6)7(9)10;6-5-3-1-2-4-7-5/h1-8H;1-4,9-10H;1-4H. The van der Waals surface area contributed by atoms with Crippen molar-refractivity contribution in [3.8, 4) is 11.3 Å². The van der Waals surface area contributed by atoms with E-state index in [1.165, 1.54) is 0 Å². The number of pyridine rings is 2. The number of halogens is 3. The predicted octanol–water partition coefficient (Wildman–Crippen LogP) is 5.48. The van der Waals surface area contributed by atoms with E-state index in [2.05, 4.69) is 57.8 Å². The normalized spacial score (nSPS) is 9.50. The van der Waals surface area contributed by atoms with Gasteiger partial charge in [0.1, 0.15) is 4.60 Å². The van der Waals surface area contributed by atoms with E-state index >= 15 is 0 Å². The Labute approximate surface area is 201 Å². The maximum absolute atomic E-state index is 8.73. The number of aromatic nitrogens is 2. The van der Waals surface area contributed by atoms with E-state index in [1.807, 2.05) is 66.7 Å². The second-order valence-corrected chi connectivity index (χ2v) is 8.26. The third-order valence-electron chi connectivity index (χ3n) is 3.63. The summed E-state index contributed by atoms with van der Waals surface area (Å²) in [5.41, 5.74) is 2.61. The van der Waals surface area contributed by atoms with Crippen LogP contribution in [0.1, 0.15) is 0 Å². The van der Waals surface area contributed by atoms with Gasteiger partial charge in [0.15, 0.2) is 0 Å². The molecule has 0 atom stereocenters. The number of nitrogens with zero attached hydrogens (tertiary/aromatic N) is 2. The van der Waals surface area contributed by atoms with Crippen LogP contribution in [0.5, 0.6) is 0 Å². The summed E-state index contributed by atoms with van der Waals surface area (Å²) in [5, 5.41) is 17.5. The van der Waals surface area contributed by atoms with E-state index in [9.17, 15) is 0 Å². The fourth-order valence-electron chi connectivity index (χ4n) is 2.22. The molecule has 0 fully saturated rings. The lowest BCUT2D eigenvalue weighted by atomic mass is 9.80. The molecule has 0 unspecified atom stereocenters. The molecule has 0 amide bonds. The molecule has 152 valence electrons. The summed E-state index contributed by atoms with van der Waals surface area (Å²) in [6.07, 6.45) is 3.54. The molecule has 30 heavy (non-hydrogen) atoms. The maximum atomic E-state index is 8.73. The third-order valence-corrected chi connectivity index (χ3v) is 5.51. The van der Waals surface area contributed by atoms with Gasteiger partial charge in [-0.25, -0.2) is 4.98 Å². The smallest absolute Gasteiger partial charge is 0.423 e. The molecule has 4 aromatic rings. The van der Waals surface area contributed by atoms with Crippen LogP contribution in [0.2, 0.25) is 0 Å². The SMILES string of the molecule is Brc1ccccc1-c1ccccn1.Brc1ccccn1.OB(O)c1ccccc1Br. The zero-order valence-corrected chi connectivity index (χ0v) is 20.5. The Kier molecular flexibility index (Phi) is 11.0. The first-order valence-corrected chi connectivity index (χ1v) is 11.2. The lowest BCUT2D eigenvalue weighted by Crippen LogP contribution is -2.30. The van der Waals surface area contributed by atoms with Crippen LogP contribution in [0.25, 0.3) is 11.3 Å². The van der Waals surface area contributed by atoms with E-state index < -0.39 is 7.12 Å². The Morgan fingerprint density at radius 3 is 1.60 bits per heavy atom. The third kappa shape index (κ3) is 8.49. The van der Waals surface area contributed by atoms with Gasteiger partial charge in [-0.2, -0.15) is 0 Å². The Hall–Kier alpha value is -1.84. The highest BCUT2D eigenvalue weighted by Gasteiger charge is 2.12. The van der Waals surface area contributed by atoms with Crippen LogP contribution in [0.3, 0.4) is 0 Å². The Morgan fingerprint density at radius 1 is 0.600 bits per heavy atom. The Morgan fingerprint density at radius 2 is 1.17 bits per heavy atom. The molecule has 0 aliphatic heterocycles. The Bertz CT molecular complexity index is 1020. The van der Waals surface area contributed by atoms with Crippen molar-refractivity contribution in [2.75, 3.05) is 0 Å². The highest BCUT2D eigenvalue weighted by molar-refractivity contribution is 9.11. The minimum atomic E-state index is -1.39. The van der Waals surface area contributed by atoms with Gasteiger partial charge in [0.05, 0.1) is 5.69 Å². The maximum Gasteiger partial charge on any atom is 0.489 e. The molecule has 0 bridgehead atoms. The summed E-state index contributed by atoms with van der Waals surface area (Å²) in [6.45, 7) is 0. The summed E-state index contributed by atoms with van der Waals surface area (Å²) >= 11 is 9.87. The van der Waals surface area contributed by atoms with Crippen molar-refractivity contribution in [2.24, 2.45) is 0 Å². The quantitative estimate of drug-likeness (QED) is 0.239. The average molecular weight is 593 g/mol. The fourth-order valence-corrected chi connectivity index (χ4v) is 3.47. The van der Waals surface area contributed by atoms with Crippen LogP contribution in [0, 0.1) is 0 Å². The van der Waals surface area contributed by atoms with Crippen molar-refractivity contribution < 1.29 is 10.0 Å². The molecule has 8 heteroatoms. The van der Waals surface area contributed by atoms with Crippen LogP contribution in [0.4, 0.5) is 0 Å². The largest absolute Gasteiger partial charge is 0.489 e. The minimum Gasteiger partial charge on any atom is -0.423 e. The van der Waals surface area contributed by atoms with E-state index in [0.29, 0.717) is 9.94 Å². The van der Waals surface area contributed by atoms with Crippen molar-refractivity contribution in [3.63, 3.8) is 0 Å². The molecule has 0 saturated carbocycles. The molecule has 4 rings (SSSR count). The topological polar surface area (TPSA) is 66.2 Å². The highest BCUT2D eigenvalue weighted by atomic mass is 79.9. The van der Waals surface area contributed by atoms with E-state index in [0.717, 1.165) is 20.3 Å². The number of rotatable bonds is 2. The van der Waals surface area contributed by atoms with Crippen molar-refractivity contribution in [1.29, 1.82) is 0 Å². The first kappa shape index (κ1) is 24.4. The van der Waals surface area contributed by atoms with Crippen molar-refractivity contribution >= 4 is 60.4 Å². The second kappa shape index (κ2) is 13.5. The van der Waals surface area contributed by atoms with Gasteiger partial charge in [-0.3, -0.25) is 4.98 Å². The van der Waals surface area contributed by atoms with Crippen LogP contribution in [-0.2, 0) is 0 Å². The van der Waals surface area contributed by atoms with Gasteiger partial charge in [-0.1, -0.05) is 80.4 Å². The molecule has 2 N–H and O–H groups in total. The summed E-state index contributed by atoms with van der Waals surface area (Å²) in [6, 6.07) is 26.6. The van der Waals surface area contributed by atoms with Gasteiger partial charge >= 0.3 is 7.12 Å². The fraction of sp³-hybridized carbons (Fsp3) is 0. The molecular weight excluding hydrogens is 575 g/mol. The first-order chi connectivity index (χ1) is 14.5. The summed E-state index contributed by atoms with van der Waals surface area (Å²) < 4.78 is 2.67. The predicted molar refractivity (Wildman–Crippen MR) is 133 cm³/mol. The van der Waals surface area contributed by atoms with E-state index in [-0.39, 0.29) is 0 Å². The van der Waals surface area contributed by atoms with Gasteiger partial charge in [0.2, 0.25) is 0 Å². The molecule has 0 saturated heterocycles. The Balaban J connectivity index is 0.000000168. The minimum absolute atomic E-state index is 0.488. The van der Waals surface area contributed by atoms with Gasteiger partial charge < -0.3 is 10.0 Å². The lowest BCUT2D eigenvalue weighted by molar-refractivity contribution is 0.425. The molecule has 2 aromatic heterocycles. The molecule has 0 spiro atoms. The lowest BCUT2D eigenvalue weighted by Gasteiger charge is -2.01. The average Bonchev–Trinajstić information content (AvgIpc) is 2.76. The number of hydrogen-bond donors (Lipinski definition) is 2. The molecule has 2 heterocycles. The molecule has 4 nitrogen and oxygen atoms in total. The molecule has 2 aromatic carbocycles. The second-order valence-electron chi connectivity index (χ2n) is 5.74. The van der Waals surface area contributed by atoms with Gasteiger partial charge in [0.25, 0.3) is 0 Å². The number of hydrogen-bond acceptors (Lipinski definition) is 4. The van der Waals surface area contributed by atoms with Crippen molar-refractivity contribution in [2.45, 2.75) is 0 Å². The van der Waals surface area contributed by atoms with Crippen LogP contribution < -0.4 is 5.46 Å². The van der Waals surface area contributed by atoms with Crippen molar-refractivity contribution in [1.82, 2.24) is 9.97 Å². The molecule has 0 aliphatic rings. The summed E-state index contributed by atoms with van der Waals surface area (Å²) in [4.78, 5) is 8.18. The zero-order chi connectivity index (χ0) is 21.8. The van der Waals surface area contributed by atoms with Crippen LogP contribution >= 0.6 is 47.8 Å². The molecule has 0 aliphatic carbocycles.